The molecule has 0 aliphatic rings. The smallest absolute Gasteiger partial charge is 0.124 e. The molecule has 0 bridgehead atoms. The average molecular weight is 398 g/mol. The van der Waals surface area contributed by atoms with Crippen LogP contribution in [0, 0.1) is 6.92 Å². The Morgan fingerprint density at radius 3 is 2.50 bits per heavy atom. The van der Waals surface area contributed by atoms with Gasteiger partial charge in [0.05, 0.1) is 6.10 Å². The van der Waals surface area contributed by atoms with Crippen molar-refractivity contribution < 1.29 is 9.84 Å². The van der Waals surface area contributed by atoms with Gasteiger partial charge in [-0.3, -0.25) is 0 Å². The van der Waals surface area contributed by atoms with Crippen molar-refractivity contribution in [2.45, 2.75) is 26.2 Å². The molecule has 0 radical (unpaired) electrons. The molecule has 0 aliphatic carbocycles. The summed E-state index contributed by atoms with van der Waals surface area (Å²) in [5.74, 6) is 0.872. The second kappa shape index (κ2) is 9.57. The number of hydrogen-bond donors (Lipinski definition) is 2. The summed E-state index contributed by atoms with van der Waals surface area (Å²) in [6, 6.07) is 30.6. The standard InChI is InChI=1S/C27H27NO2/c1-20-8-7-9-21(16-20)19-30-27-15-14-22-10-5-6-13-24(22)25(27)17-28-18-26(29)23-11-3-2-4-12-23/h2-16,26,28-29H,17-19H2,1H3/t26-/m1/s1. The first-order chi connectivity index (χ1) is 14.7. The lowest BCUT2D eigenvalue weighted by Crippen LogP contribution is -2.21. The Morgan fingerprint density at radius 2 is 1.67 bits per heavy atom. The van der Waals surface area contributed by atoms with Crippen LogP contribution in [0.25, 0.3) is 10.8 Å². The molecule has 152 valence electrons. The molecular weight excluding hydrogens is 370 g/mol. The third-order valence-corrected chi connectivity index (χ3v) is 5.30. The first kappa shape index (κ1) is 20.1. The SMILES string of the molecule is Cc1cccc(COc2ccc3ccccc3c2CNC[C@@H](O)c2ccccc2)c1. The van der Waals surface area contributed by atoms with Gasteiger partial charge in [-0.15, -0.1) is 0 Å². The fourth-order valence-electron chi connectivity index (χ4n) is 3.72. The van der Waals surface area contributed by atoms with Gasteiger partial charge >= 0.3 is 0 Å². The quantitative estimate of drug-likeness (QED) is 0.410. The van der Waals surface area contributed by atoms with Gasteiger partial charge in [0.1, 0.15) is 12.4 Å². The number of fused-ring (bicyclic) bond motifs is 1. The second-order valence-electron chi connectivity index (χ2n) is 7.60. The summed E-state index contributed by atoms with van der Waals surface area (Å²) < 4.78 is 6.23. The molecule has 3 nitrogen and oxygen atoms in total. The lowest BCUT2D eigenvalue weighted by molar-refractivity contribution is 0.174. The van der Waals surface area contributed by atoms with Crippen LogP contribution in [0.5, 0.6) is 5.75 Å². The van der Waals surface area contributed by atoms with Gasteiger partial charge in [0.2, 0.25) is 0 Å². The van der Waals surface area contributed by atoms with Crippen molar-refractivity contribution in [1.82, 2.24) is 5.32 Å². The lowest BCUT2D eigenvalue weighted by atomic mass is 10.0. The summed E-state index contributed by atoms with van der Waals surface area (Å²) in [4.78, 5) is 0. The van der Waals surface area contributed by atoms with Crippen LogP contribution >= 0.6 is 0 Å². The average Bonchev–Trinajstić information content (AvgIpc) is 2.79. The van der Waals surface area contributed by atoms with E-state index in [1.165, 1.54) is 16.3 Å². The molecule has 0 fully saturated rings. The maximum Gasteiger partial charge on any atom is 0.124 e. The van der Waals surface area contributed by atoms with Crippen molar-refractivity contribution in [3.05, 3.63) is 113 Å². The van der Waals surface area contributed by atoms with Gasteiger partial charge in [-0.2, -0.15) is 0 Å². The van der Waals surface area contributed by atoms with Gasteiger partial charge in [-0.25, -0.2) is 0 Å². The molecule has 0 saturated carbocycles. The topological polar surface area (TPSA) is 41.5 Å². The Bertz CT molecular complexity index is 1110. The van der Waals surface area contributed by atoms with Crippen LogP contribution in [-0.2, 0) is 13.2 Å². The summed E-state index contributed by atoms with van der Waals surface area (Å²) in [6.07, 6.45) is -0.544. The minimum atomic E-state index is -0.544. The molecule has 4 aromatic carbocycles. The molecule has 4 aromatic rings. The highest BCUT2D eigenvalue weighted by Gasteiger charge is 2.11. The van der Waals surface area contributed by atoms with Gasteiger partial charge in [-0.05, 0) is 34.9 Å². The van der Waals surface area contributed by atoms with E-state index in [1.54, 1.807) is 0 Å². The first-order valence-corrected chi connectivity index (χ1v) is 10.3. The van der Waals surface area contributed by atoms with E-state index in [9.17, 15) is 5.11 Å². The van der Waals surface area contributed by atoms with Crippen LogP contribution in [0.15, 0.2) is 91.0 Å². The minimum absolute atomic E-state index is 0.477. The summed E-state index contributed by atoms with van der Waals surface area (Å²) >= 11 is 0. The monoisotopic (exact) mass is 397 g/mol. The fraction of sp³-hybridized carbons (Fsp3) is 0.185. The van der Waals surface area contributed by atoms with Crippen molar-refractivity contribution in [2.24, 2.45) is 0 Å². The van der Waals surface area contributed by atoms with Crippen molar-refractivity contribution in [2.75, 3.05) is 6.54 Å². The molecule has 0 spiro atoms. The van der Waals surface area contributed by atoms with E-state index in [4.69, 9.17) is 4.74 Å². The number of aliphatic hydroxyl groups excluding tert-OH is 1. The van der Waals surface area contributed by atoms with Crippen LogP contribution in [-0.4, -0.2) is 11.7 Å². The predicted octanol–water partition coefficient (Wildman–Crippen LogP) is 5.55. The Hall–Kier alpha value is -3.14. The number of aryl methyl sites for hydroxylation is 1. The molecule has 30 heavy (non-hydrogen) atoms. The molecule has 0 aliphatic heterocycles. The number of nitrogens with one attached hydrogen (secondary N) is 1. The molecule has 0 unspecified atom stereocenters. The van der Waals surface area contributed by atoms with Crippen LogP contribution < -0.4 is 10.1 Å². The number of hydrogen-bond acceptors (Lipinski definition) is 3. The molecule has 0 saturated heterocycles. The molecule has 3 heteroatoms. The highest BCUT2D eigenvalue weighted by Crippen LogP contribution is 2.29. The summed E-state index contributed by atoms with van der Waals surface area (Å²) in [6.45, 7) is 3.71. The zero-order valence-electron chi connectivity index (χ0n) is 17.2. The number of rotatable bonds is 8. The summed E-state index contributed by atoms with van der Waals surface area (Å²) in [7, 11) is 0. The second-order valence-corrected chi connectivity index (χ2v) is 7.60. The minimum Gasteiger partial charge on any atom is -0.489 e. The third kappa shape index (κ3) is 4.88. The number of benzene rings is 4. The van der Waals surface area contributed by atoms with Gasteiger partial charge in [0.25, 0.3) is 0 Å². The van der Waals surface area contributed by atoms with Crippen molar-refractivity contribution in [3.63, 3.8) is 0 Å². The van der Waals surface area contributed by atoms with E-state index in [0.29, 0.717) is 19.7 Å². The maximum atomic E-state index is 10.5. The Morgan fingerprint density at radius 1 is 0.867 bits per heavy atom. The van der Waals surface area contributed by atoms with E-state index in [2.05, 4.69) is 60.8 Å². The van der Waals surface area contributed by atoms with Crippen LogP contribution in [0.1, 0.15) is 28.4 Å². The fourth-order valence-corrected chi connectivity index (χ4v) is 3.72. The predicted molar refractivity (Wildman–Crippen MR) is 123 cm³/mol. The van der Waals surface area contributed by atoms with Crippen molar-refractivity contribution in [3.8, 4) is 5.75 Å². The molecule has 2 N–H and O–H groups in total. The van der Waals surface area contributed by atoms with Gasteiger partial charge < -0.3 is 15.2 Å². The van der Waals surface area contributed by atoms with Crippen molar-refractivity contribution >= 4 is 10.8 Å². The van der Waals surface area contributed by atoms with E-state index >= 15 is 0 Å². The van der Waals surface area contributed by atoms with Gasteiger partial charge in [-0.1, -0.05) is 90.5 Å². The Balaban J connectivity index is 1.51. The zero-order chi connectivity index (χ0) is 20.8. The molecule has 4 rings (SSSR count). The van der Waals surface area contributed by atoms with Crippen molar-refractivity contribution in [1.29, 1.82) is 0 Å². The maximum absolute atomic E-state index is 10.5. The highest BCUT2D eigenvalue weighted by molar-refractivity contribution is 5.87. The summed E-state index contributed by atoms with van der Waals surface area (Å²) in [5.41, 5.74) is 4.41. The molecule has 1 atom stereocenters. The molecule has 0 aromatic heterocycles. The molecule has 0 amide bonds. The van der Waals surface area contributed by atoms with Crippen LogP contribution in [0.2, 0.25) is 0 Å². The Labute approximate surface area is 178 Å². The van der Waals surface area contributed by atoms with Gasteiger partial charge in [0.15, 0.2) is 0 Å². The molecule has 0 heterocycles. The van der Waals surface area contributed by atoms with E-state index < -0.39 is 6.10 Å². The molecular formula is C27H27NO2. The first-order valence-electron chi connectivity index (χ1n) is 10.3. The van der Waals surface area contributed by atoms with E-state index in [-0.39, 0.29) is 0 Å². The largest absolute Gasteiger partial charge is 0.489 e. The zero-order valence-corrected chi connectivity index (χ0v) is 17.2. The Kier molecular flexibility index (Phi) is 6.43. The van der Waals surface area contributed by atoms with Crippen LogP contribution in [0.4, 0.5) is 0 Å². The van der Waals surface area contributed by atoms with E-state index in [0.717, 1.165) is 22.4 Å². The third-order valence-electron chi connectivity index (χ3n) is 5.30. The number of aliphatic hydroxyl groups is 1. The van der Waals surface area contributed by atoms with Gasteiger partial charge in [0, 0.05) is 18.7 Å². The lowest BCUT2D eigenvalue weighted by Gasteiger charge is -2.17. The highest BCUT2D eigenvalue weighted by atomic mass is 16.5. The van der Waals surface area contributed by atoms with Crippen LogP contribution in [0.3, 0.4) is 0 Å². The number of ether oxygens (including phenoxy) is 1. The van der Waals surface area contributed by atoms with E-state index in [1.807, 2.05) is 42.5 Å². The summed E-state index contributed by atoms with van der Waals surface area (Å²) in [5, 5.41) is 16.2. The normalized spacial score (nSPS) is 12.1.